The molecule has 5 heteroatoms. The summed E-state index contributed by atoms with van der Waals surface area (Å²) in [6.45, 7) is 0.127. The number of hydrogen-bond acceptors (Lipinski definition) is 2. The summed E-state index contributed by atoms with van der Waals surface area (Å²) in [5.74, 6) is -1.58. The van der Waals surface area contributed by atoms with Crippen molar-refractivity contribution in [3.8, 4) is 0 Å². The molecule has 0 radical (unpaired) electrons. The van der Waals surface area contributed by atoms with Gasteiger partial charge in [-0.25, -0.2) is 8.78 Å². The van der Waals surface area contributed by atoms with Gasteiger partial charge in [-0.3, -0.25) is 9.78 Å². The van der Waals surface area contributed by atoms with Gasteiger partial charge in [0.25, 0.3) is 5.91 Å². The van der Waals surface area contributed by atoms with Gasteiger partial charge in [-0.15, -0.1) is 0 Å². The minimum Gasteiger partial charge on any atom is -0.350 e. The molecule has 0 atom stereocenters. The lowest BCUT2D eigenvalue weighted by Crippen LogP contribution is -2.27. The van der Waals surface area contributed by atoms with Crippen LogP contribution in [0.1, 0.15) is 16.1 Å². The predicted octanol–water partition coefficient (Wildman–Crippen LogP) is 3.49. The number of carbonyl (C=O) groups excluding carboxylic acids is 1. The Balaban J connectivity index is 1.72. The second kappa shape index (κ2) is 6.52. The van der Waals surface area contributed by atoms with Gasteiger partial charge in [0, 0.05) is 23.7 Å². The lowest BCUT2D eigenvalue weighted by atomic mass is 10.1. The number of halogens is 2. The van der Waals surface area contributed by atoms with E-state index in [0.717, 1.165) is 10.8 Å². The molecule has 0 unspecified atom stereocenters. The molecule has 2 aromatic carbocycles. The maximum atomic E-state index is 13.5. The number of rotatable bonds is 4. The van der Waals surface area contributed by atoms with E-state index in [2.05, 4.69) is 10.3 Å². The van der Waals surface area contributed by atoms with Crippen LogP contribution in [-0.2, 0) is 6.42 Å². The number of carbonyl (C=O) groups is 1. The Hall–Kier alpha value is -2.82. The van der Waals surface area contributed by atoms with Crippen molar-refractivity contribution in [1.29, 1.82) is 0 Å². The maximum Gasteiger partial charge on any atom is 0.270 e. The predicted molar refractivity (Wildman–Crippen MR) is 84.1 cm³/mol. The van der Waals surface area contributed by atoms with E-state index in [-0.39, 0.29) is 24.4 Å². The van der Waals surface area contributed by atoms with Crippen molar-refractivity contribution in [2.45, 2.75) is 6.42 Å². The van der Waals surface area contributed by atoms with Crippen LogP contribution in [0, 0.1) is 11.6 Å². The Morgan fingerprint density at radius 3 is 2.52 bits per heavy atom. The summed E-state index contributed by atoms with van der Waals surface area (Å²) in [7, 11) is 0. The van der Waals surface area contributed by atoms with Gasteiger partial charge in [-0.05, 0) is 30.0 Å². The van der Waals surface area contributed by atoms with Crippen LogP contribution < -0.4 is 5.32 Å². The number of nitrogens with zero attached hydrogens (tertiary/aromatic N) is 1. The molecule has 1 N–H and O–H groups in total. The number of aromatic nitrogens is 1. The molecule has 1 heterocycles. The number of benzene rings is 2. The third kappa shape index (κ3) is 3.18. The maximum absolute atomic E-state index is 13.5. The van der Waals surface area contributed by atoms with Crippen molar-refractivity contribution in [2.24, 2.45) is 0 Å². The number of pyridine rings is 1. The first-order valence-corrected chi connectivity index (χ1v) is 7.21. The molecule has 0 aliphatic carbocycles. The van der Waals surface area contributed by atoms with Crippen LogP contribution in [0.25, 0.3) is 10.8 Å². The van der Waals surface area contributed by atoms with Crippen LogP contribution in [0.5, 0.6) is 0 Å². The minimum atomic E-state index is -0.609. The van der Waals surface area contributed by atoms with Crippen molar-refractivity contribution in [1.82, 2.24) is 10.3 Å². The monoisotopic (exact) mass is 312 g/mol. The summed E-state index contributed by atoms with van der Waals surface area (Å²) < 4.78 is 27.1. The Morgan fingerprint density at radius 2 is 1.74 bits per heavy atom. The van der Waals surface area contributed by atoms with Gasteiger partial charge in [-0.2, -0.15) is 0 Å². The van der Waals surface area contributed by atoms with Crippen molar-refractivity contribution in [3.05, 3.63) is 77.6 Å². The molecule has 3 nitrogen and oxygen atoms in total. The van der Waals surface area contributed by atoms with Gasteiger partial charge in [0.2, 0.25) is 0 Å². The van der Waals surface area contributed by atoms with E-state index < -0.39 is 11.6 Å². The lowest BCUT2D eigenvalue weighted by Gasteiger charge is -2.08. The zero-order valence-corrected chi connectivity index (χ0v) is 12.2. The second-order valence-electron chi connectivity index (χ2n) is 5.09. The highest BCUT2D eigenvalue weighted by molar-refractivity contribution is 6.05. The van der Waals surface area contributed by atoms with Crippen molar-refractivity contribution in [2.75, 3.05) is 6.54 Å². The quantitative estimate of drug-likeness (QED) is 0.801. The highest BCUT2D eigenvalue weighted by Crippen LogP contribution is 2.16. The lowest BCUT2D eigenvalue weighted by molar-refractivity contribution is 0.0950. The van der Waals surface area contributed by atoms with Gasteiger partial charge < -0.3 is 5.32 Å². The fourth-order valence-corrected chi connectivity index (χ4v) is 2.46. The Labute approximate surface area is 132 Å². The molecule has 116 valence electrons. The Bertz CT molecular complexity index is 839. The second-order valence-corrected chi connectivity index (χ2v) is 5.09. The average Bonchev–Trinajstić information content (AvgIpc) is 2.57. The molecule has 0 spiro atoms. The topological polar surface area (TPSA) is 42.0 Å². The zero-order valence-electron chi connectivity index (χ0n) is 12.2. The van der Waals surface area contributed by atoms with E-state index in [9.17, 15) is 13.6 Å². The van der Waals surface area contributed by atoms with Crippen LogP contribution in [0.2, 0.25) is 0 Å². The van der Waals surface area contributed by atoms with E-state index >= 15 is 0 Å². The first-order chi connectivity index (χ1) is 11.2. The summed E-state index contributed by atoms with van der Waals surface area (Å²) in [4.78, 5) is 16.4. The summed E-state index contributed by atoms with van der Waals surface area (Å²) >= 11 is 0. The van der Waals surface area contributed by atoms with Crippen LogP contribution in [0.4, 0.5) is 8.78 Å². The smallest absolute Gasteiger partial charge is 0.270 e. The van der Waals surface area contributed by atoms with Crippen LogP contribution in [0.15, 0.2) is 54.7 Å². The van der Waals surface area contributed by atoms with Gasteiger partial charge in [-0.1, -0.05) is 30.3 Å². The highest BCUT2D eigenvalue weighted by atomic mass is 19.1. The number of fused-ring (bicyclic) bond motifs is 1. The largest absolute Gasteiger partial charge is 0.350 e. The molecular weight excluding hydrogens is 298 g/mol. The number of amides is 1. The van der Waals surface area contributed by atoms with E-state index in [1.807, 2.05) is 30.3 Å². The van der Waals surface area contributed by atoms with E-state index in [0.29, 0.717) is 5.69 Å². The summed E-state index contributed by atoms with van der Waals surface area (Å²) in [6, 6.07) is 12.9. The summed E-state index contributed by atoms with van der Waals surface area (Å²) in [5.41, 5.74) is 0.274. The van der Waals surface area contributed by atoms with Gasteiger partial charge in [0.15, 0.2) is 0 Å². The van der Waals surface area contributed by atoms with Crippen LogP contribution in [-0.4, -0.2) is 17.4 Å². The first kappa shape index (κ1) is 15.1. The van der Waals surface area contributed by atoms with E-state index in [4.69, 9.17) is 0 Å². The zero-order chi connectivity index (χ0) is 16.2. The molecular formula is C18H14F2N2O. The summed E-state index contributed by atoms with van der Waals surface area (Å²) in [5, 5.41) is 4.31. The number of nitrogens with one attached hydrogen (secondary N) is 1. The molecule has 1 amide bonds. The van der Waals surface area contributed by atoms with Gasteiger partial charge >= 0.3 is 0 Å². The standard InChI is InChI=1S/C18H14F2N2O/c19-15-6-3-7-16(20)14(15)9-11-22-18(23)17-13-5-2-1-4-12(13)8-10-21-17/h1-8,10H,9,11H2,(H,22,23). The SMILES string of the molecule is O=C(NCCc1c(F)cccc1F)c1nccc2ccccc12. The molecule has 0 bridgehead atoms. The molecule has 1 aromatic heterocycles. The molecule has 0 saturated heterocycles. The highest BCUT2D eigenvalue weighted by Gasteiger charge is 2.12. The summed E-state index contributed by atoms with van der Waals surface area (Å²) in [6.07, 6.45) is 1.64. The van der Waals surface area contributed by atoms with Crippen molar-refractivity contribution < 1.29 is 13.6 Å². The molecule has 0 aliphatic rings. The molecule has 0 fully saturated rings. The van der Waals surface area contributed by atoms with Crippen LogP contribution >= 0.6 is 0 Å². The fraction of sp³-hybridized carbons (Fsp3) is 0.111. The minimum absolute atomic E-state index is 0.0290. The third-order valence-corrected chi connectivity index (χ3v) is 3.61. The molecule has 0 aliphatic heterocycles. The van der Waals surface area contributed by atoms with Crippen molar-refractivity contribution in [3.63, 3.8) is 0 Å². The first-order valence-electron chi connectivity index (χ1n) is 7.21. The Morgan fingerprint density at radius 1 is 1.00 bits per heavy atom. The fourth-order valence-electron chi connectivity index (χ4n) is 2.46. The normalized spacial score (nSPS) is 10.7. The van der Waals surface area contributed by atoms with E-state index in [1.54, 1.807) is 6.20 Å². The van der Waals surface area contributed by atoms with Crippen molar-refractivity contribution >= 4 is 16.7 Å². The molecule has 23 heavy (non-hydrogen) atoms. The van der Waals surface area contributed by atoms with Crippen LogP contribution in [0.3, 0.4) is 0 Å². The average molecular weight is 312 g/mol. The number of hydrogen-bond donors (Lipinski definition) is 1. The molecule has 0 saturated carbocycles. The molecule has 3 aromatic rings. The van der Waals surface area contributed by atoms with Gasteiger partial charge in [0.1, 0.15) is 17.3 Å². The molecule has 3 rings (SSSR count). The van der Waals surface area contributed by atoms with Gasteiger partial charge in [0.05, 0.1) is 0 Å². The Kier molecular flexibility index (Phi) is 4.28. The third-order valence-electron chi connectivity index (χ3n) is 3.61. The van der Waals surface area contributed by atoms with E-state index in [1.165, 1.54) is 18.2 Å².